The molecule has 0 N–H and O–H groups in total. The van der Waals surface area contributed by atoms with Crippen LogP contribution in [0.2, 0.25) is 0 Å². The molecule has 1 heterocycles. The van der Waals surface area contributed by atoms with Crippen molar-refractivity contribution in [3.8, 4) is 0 Å². The van der Waals surface area contributed by atoms with E-state index in [1.807, 2.05) is 18.7 Å². The van der Waals surface area contributed by atoms with Crippen molar-refractivity contribution in [2.75, 3.05) is 18.4 Å². The molecule has 12 heavy (non-hydrogen) atoms. The molecule has 0 saturated carbocycles. The molecule has 1 aliphatic heterocycles. The molecule has 0 aromatic rings. The number of carbonyl (C=O) groups excluding carboxylic acids is 1. The maximum atomic E-state index is 11.3. The highest BCUT2D eigenvalue weighted by Gasteiger charge is 2.24. The molecule has 0 aromatic carbocycles. The van der Waals surface area contributed by atoms with Crippen molar-refractivity contribution in [1.29, 1.82) is 0 Å². The van der Waals surface area contributed by atoms with Crippen LogP contribution in [0.15, 0.2) is 0 Å². The number of hydrogen-bond donors (Lipinski definition) is 0. The molecule has 2 atom stereocenters. The summed E-state index contributed by atoms with van der Waals surface area (Å²) in [6.07, 6.45) is 0.327. The van der Waals surface area contributed by atoms with Crippen LogP contribution in [0.4, 0.5) is 0 Å². The van der Waals surface area contributed by atoms with Gasteiger partial charge >= 0.3 is 0 Å². The first-order valence-electron chi connectivity index (χ1n) is 4.12. The summed E-state index contributed by atoms with van der Waals surface area (Å²) in [6, 6.07) is 0. The molecule has 0 radical (unpaired) electrons. The normalized spacial score (nSPS) is 30.4. The highest BCUT2D eigenvalue weighted by molar-refractivity contribution is 9.09. The second-order valence-electron chi connectivity index (χ2n) is 3.19. The van der Waals surface area contributed by atoms with Gasteiger partial charge in [-0.3, -0.25) is 4.79 Å². The summed E-state index contributed by atoms with van der Waals surface area (Å²) in [6.45, 7) is 5.41. The van der Waals surface area contributed by atoms with Gasteiger partial charge in [0, 0.05) is 13.1 Å². The van der Waals surface area contributed by atoms with Crippen molar-refractivity contribution in [3.05, 3.63) is 0 Å². The number of carbonyl (C=O) groups is 1. The van der Waals surface area contributed by atoms with Crippen LogP contribution >= 0.6 is 15.9 Å². The van der Waals surface area contributed by atoms with E-state index in [0.29, 0.717) is 5.33 Å². The zero-order valence-electron chi connectivity index (χ0n) is 7.42. The summed E-state index contributed by atoms with van der Waals surface area (Å²) in [5.41, 5.74) is 0. The lowest BCUT2D eigenvalue weighted by atomic mass is 10.2. The number of alkyl halides is 1. The first-order chi connectivity index (χ1) is 5.63. The van der Waals surface area contributed by atoms with E-state index in [9.17, 15) is 4.79 Å². The maximum absolute atomic E-state index is 11.3. The second-order valence-corrected chi connectivity index (χ2v) is 3.75. The molecule has 1 amide bonds. The van der Waals surface area contributed by atoms with Crippen molar-refractivity contribution < 1.29 is 9.53 Å². The number of ether oxygens (including phenoxy) is 1. The summed E-state index contributed by atoms with van der Waals surface area (Å²) in [5, 5.41) is 0.409. The van der Waals surface area contributed by atoms with Gasteiger partial charge in [-0.2, -0.15) is 0 Å². The zero-order valence-corrected chi connectivity index (χ0v) is 9.00. The third-order valence-electron chi connectivity index (χ3n) is 1.89. The van der Waals surface area contributed by atoms with Gasteiger partial charge in [0.15, 0.2) is 0 Å². The minimum absolute atomic E-state index is 0.150. The van der Waals surface area contributed by atoms with Gasteiger partial charge < -0.3 is 9.64 Å². The van der Waals surface area contributed by atoms with Crippen LogP contribution in [0, 0.1) is 0 Å². The standard InChI is InChI=1S/C8H14BrNO2/c1-6-4-10(8(11)3-9)5-7(2)12-6/h6-7H,3-5H2,1-2H3. The topological polar surface area (TPSA) is 29.5 Å². The van der Waals surface area contributed by atoms with Gasteiger partial charge in [-0.1, -0.05) is 15.9 Å². The molecule has 70 valence electrons. The molecule has 0 aromatic heterocycles. The Morgan fingerprint density at radius 3 is 2.42 bits per heavy atom. The van der Waals surface area contributed by atoms with Gasteiger partial charge in [0.1, 0.15) is 0 Å². The summed E-state index contributed by atoms with van der Waals surface area (Å²) >= 11 is 3.16. The van der Waals surface area contributed by atoms with Crippen LogP contribution < -0.4 is 0 Å². The van der Waals surface area contributed by atoms with Gasteiger partial charge in [0.05, 0.1) is 17.5 Å². The van der Waals surface area contributed by atoms with Gasteiger partial charge in [0.25, 0.3) is 0 Å². The second kappa shape index (κ2) is 4.23. The van der Waals surface area contributed by atoms with Crippen molar-refractivity contribution in [2.45, 2.75) is 26.1 Å². The number of nitrogens with zero attached hydrogens (tertiary/aromatic N) is 1. The van der Waals surface area contributed by atoms with Crippen LogP contribution in [-0.2, 0) is 9.53 Å². The van der Waals surface area contributed by atoms with E-state index in [4.69, 9.17) is 4.74 Å². The van der Waals surface area contributed by atoms with Gasteiger partial charge in [-0.25, -0.2) is 0 Å². The lowest BCUT2D eigenvalue weighted by Crippen LogP contribution is -2.48. The van der Waals surface area contributed by atoms with Crippen molar-refractivity contribution in [2.24, 2.45) is 0 Å². The Hall–Kier alpha value is -0.0900. The van der Waals surface area contributed by atoms with Crippen LogP contribution in [0.3, 0.4) is 0 Å². The Bertz CT molecular complexity index is 164. The SMILES string of the molecule is CC1CN(C(=O)CBr)CC(C)O1. The smallest absolute Gasteiger partial charge is 0.233 e. The summed E-state index contributed by atoms with van der Waals surface area (Å²) < 4.78 is 5.50. The van der Waals surface area contributed by atoms with Crippen molar-refractivity contribution in [3.63, 3.8) is 0 Å². The van der Waals surface area contributed by atoms with E-state index in [0.717, 1.165) is 13.1 Å². The Labute approximate surface area is 81.2 Å². The zero-order chi connectivity index (χ0) is 9.14. The van der Waals surface area contributed by atoms with Gasteiger partial charge in [0.2, 0.25) is 5.91 Å². The fourth-order valence-corrected chi connectivity index (χ4v) is 1.82. The molecule has 1 rings (SSSR count). The largest absolute Gasteiger partial charge is 0.372 e. The number of morpholine rings is 1. The molecule has 2 unspecified atom stereocenters. The van der Waals surface area contributed by atoms with E-state index >= 15 is 0 Å². The van der Waals surface area contributed by atoms with Crippen LogP contribution in [0.25, 0.3) is 0 Å². The Morgan fingerprint density at radius 2 is 2.00 bits per heavy atom. The van der Waals surface area contributed by atoms with Crippen LogP contribution in [0.1, 0.15) is 13.8 Å². The lowest BCUT2D eigenvalue weighted by Gasteiger charge is -2.35. The number of rotatable bonds is 1. The fourth-order valence-electron chi connectivity index (χ4n) is 1.47. The monoisotopic (exact) mass is 235 g/mol. The van der Waals surface area contributed by atoms with E-state index in [-0.39, 0.29) is 18.1 Å². The van der Waals surface area contributed by atoms with Gasteiger partial charge in [-0.05, 0) is 13.8 Å². The van der Waals surface area contributed by atoms with Crippen molar-refractivity contribution >= 4 is 21.8 Å². The fraction of sp³-hybridized carbons (Fsp3) is 0.875. The number of halogens is 1. The predicted octanol–water partition coefficient (Wildman–Crippen LogP) is 1.02. The molecule has 3 nitrogen and oxygen atoms in total. The average Bonchev–Trinajstić information content (AvgIpc) is 2.01. The highest BCUT2D eigenvalue weighted by Crippen LogP contribution is 2.10. The first-order valence-corrected chi connectivity index (χ1v) is 5.25. The van der Waals surface area contributed by atoms with E-state index in [2.05, 4.69) is 15.9 Å². The highest BCUT2D eigenvalue weighted by atomic mass is 79.9. The van der Waals surface area contributed by atoms with Crippen LogP contribution in [0.5, 0.6) is 0 Å². The van der Waals surface area contributed by atoms with E-state index in [1.54, 1.807) is 0 Å². The quantitative estimate of drug-likeness (QED) is 0.636. The Kier molecular flexibility index (Phi) is 3.53. The molecular weight excluding hydrogens is 222 g/mol. The predicted molar refractivity (Wildman–Crippen MR) is 50.4 cm³/mol. The van der Waals surface area contributed by atoms with Crippen LogP contribution in [-0.4, -0.2) is 41.4 Å². The first kappa shape index (κ1) is 9.99. The van der Waals surface area contributed by atoms with E-state index < -0.39 is 0 Å². The molecular formula is C8H14BrNO2. The Balaban J connectivity index is 2.49. The molecule has 0 spiro atoms. The third-order valence-corrected chi connectivity index (χ3v) is 2.37. The maximum Gasteiger partial charge on any atom is 0.233 e. The number of amides is 1. The number of hydrogen-bond acceptors (Lipinski definition) is 2. The minimum atomic E-state index is 0.150. The summed E-state index contributed by atoms with van der Waals surface area (Å²) in [7, 11) is 0. The molecule has 0 bridgehead atoms. The molecule has 4 heteroatoms. The summed E-state index contributed by atoms with van der Waals surface area (Å²) in [5.74, 6) is 0.150. The van der Waals surface area contributed by atoms with E-state index in [1.165, 1.54) is 0 Å². The summed E-state index contributed by atoms with van der Waals surface area (Å²) in [4.78, 5) is 13.1. The third kappa shape index (κ3) is 2.45. The average molecular weight is 236 g/mol. The molecule has 1 aliphatic rings. The molecule has 1 fully saturated rings. The minimum Gasteiger partial charge on any atom is -0.372 e. The Morgan fingerprint density at radius 1 is 1.50 bits per heavy atom. The molecule has 0 aliphatic carbocycles. The van der Waals surface area contributed by atoms with Gasteiger partial charge in [-0.15, -0.1) is 0 Å². The lowest BCUT2D eigenvalue weighted by molar-refractivity contribution is -0.140. The molecule has 1 saturated heterocycles. The van der Waals surface area contributed by atoms with Crippen molar-refractivity contribution in [1.82, 2.24) is 4.90 Å².